The molecule has 1 aromatic carbocycles. The van der Waals surface area contributed by atoms with Crippen LogP contribution in [0.15, 0.2) is 52.7 Å². The Hall–Kier alpha value is -3.35. The highest BCUT2D eigenvalue weighted by Gasteiger charge is 2.36. The van der Waals surface area contributed by atoms with E-state index in [9.17, 15) is 14.4 Å². The first-order valence-electron chi connectivity index (χ1n) is 7.64. The van der Waals surface area contributed by atoms with Gasteiger partial charge in [-0.3, -0.25) is 19.8 Å². The van der Waals surface area contributed by atoms with Crippen molar-refractivity contribution in [2.75, 3.05) is 19.0 Å². The van der Waals surface area contributed by atoms with E-state index in [0.717, 1.165) is 10.6 Å². The zero-order valence-corrected chi connectivity index (χ0v) is 13.9. The van der Waals surface area contributed by atoms with E-state index in [1.165, 1.54) is 12.3 Å². The monoisotopic (exact) mass is 339 g/mol. The van der Waals surface area contributed by atoms with Crippen LogP contribution in [0.3, 0.4) is 0 Å². The number of anilines is 1. The molecule has 1 N–H and O–H groups in total. The Labute approximate surface area is 144 Å². The van der Waals surface area contributed by atoms with Crippen LogP contribution < -0.4 is 10.2 Å². The molecule has 0 aliphatic carbocycles. The zero-order valence-electron chi connectivity index (χ0n) is 13.9. The SMILES string of the molecule is CN(C)c1ccc(C=C2C(=O)NC(=O)N(Cc3ccco3)C2=O)cc1. The number of furan rings is 1. The van der Waals surface area contributed by atoms with Gasteiger partial charge in [0.2, 0.25) is 0 Å². The minimum Gasteiger partial charge on any atom is -0.467 e. The van der Waals surface area contributed by atoms with Crippen molar-refractivity contribution in [3.05, 3.63) is 59.6 Å². The van der Waals surface area contributed by atoms with Crippen molar-refractivity contribution in [3.8, 4) is 0 Å². The molecule has 7 heteroatoms. The van der Waals surface area contributed by atoms with E-state index in [0.29, 0.717) is 11.3 Å². The third-order valence-electron chi connectivity index (χ3n) is 3.80. The Morgan fingerprint density at radius 3 is 2.44 bits per heavy atom. The summed E-state index contributed by atoms with van der Waals surface area (Å²) in [5.74, 6) is -0.906. The number of benzene rings is 1. The Morgan fingerprint density at radius 2 is 1.84 bits per heavy atom. The minimum absolute atomic E-state index is 0.0398. The van der Waals surface area contributed by atoms with Crippen LogP contribution in [0.4, 0.5) is 10.5 Å². The molecule has 1 aromatic heterocycles. The first-order valence-corrected chi connectivity index (χ1v) is 7.64. The van der Waals surface area contributed by atoms with Crippen LogP contribution in [-0.4, -0.2) is 36.8 Å². The number of nitrogens with zero attached hydrogens (tertiary/aromatic N) is 2. The van der Waals surface area contributed by atoms with Crippen molar-refractivity contribution in [1.29, 1.82) is 0 Å². The molecule has 2 aromatic rings. The Bertz CT molecular complexity index is 836. The Balaban J connectivity index is 1.87. The van der Waals surface area contributed by atoms with Gasteiger partial charge < -0.3 is 9.32 Å². The maximum Gasteiger partial charge on any atom is 0.331 e. The summed E-state index contributed by atoms with van der Waals surface area (Å²) in [7, 11) is 3.84. The number of nitrogens with one attached hydrogen (secondary N) is 1. The summed E-state index contributed by atoms with van der Waals surface area (Å²) in [5, 5.41) is 2.18. The summed E-state index contributed by atoms with van der Waals surface area (Å²) in [6, 6.07) is 9.92. The van der Waals surface area contributed by atoms with Crippen molar-refractivity contribution >= 4 is 29.6 Å². The fourth-order valence-electron chi connectivity index (χ4n) is 2.43. The van der Waals surface area contributed by atoms with Crippen LogP contribution in [-0.2, 0) is 16.1 Å². The average molecular weight is 339 g/mol. The molecule has 0 atom stereocenters. The van der Waals surface area contributed by atoms with Gasteiger partial charge in [-0.1, -0.05) is 12.1 Å². The number of barbiturate groups is 1. The molecule has 4 amide bonds. The second-order valence-electron chi connectivity index (χ2n) is 5.77. The van der Waals surface area contributed by atoms with E-state index in [1.807, 2.05) is 31.1 Å². The Kier molecular flexibility index (Phi) is 4.38. The summed E-state index contributed by atoms with van der Waals surface area (Å²) >= 11 is 0. The largest absolute Gasteiger partial charge is 0.467 e. The molecule has 0 spiro atoms. The molecular weight excluding hydrogens is 322 g/mol. The van der Waals surface area contributed by atoms with Gasteiger partial charge in [-0.05, 0) is 35.9 Å². The number of amides is 4. The van der Waals surface area contributed by atoms with Gasteiger partial charge in [0.15, 0.2) is 0 Å². The minimum atomic E-state index is -0.758. The number of carbonyl (C=O) groups excluding carboxylic acids is 3. The normalized spacial score (nSPS) is 16.3. The maximum atomic E-state index is 12.6. The second kappa shape index (κ2) is 6.64. The summed E-state index contributed by atoms with van der Waals surface area (Å²) in [4.78, 5) is 39.5. The molecule has 3 rings (SSSR count). The van der Waals surface area contributed by atoms with Crippen LogP contribution in [0.1, 0.15) is 11.3 Å². The van der Waals surface area contributed by atoms with Crippen molar-refractivity contribution in [2.24, 2.45) is 0 Å². The lowest BCUT2D eigenvalue weighted by atomic mass is 10.1. The van der Waals surface area contributed by atoms with E-state index in [-0.39, 0.29) is 12.1 Å². The highest BCUT2D eigenvalue weighted by molar-refractivity contribution is 6.30. The van der Waals surface area contributed by atoms with Gasteiger partial charge in [0, 0.05) is 19.8 Å². The molecule has 1 fully saturated rings. The van der Waals surface area contributed by atoms with Gasteiger partial charge in [-0.2, -0.15) is 0 Å². The molecule has 0 unspecified atom stereocenters. The van der Waals surface area contributed by atoms with Crippen molar-refractivity contribution in [3.63, 3.8) is 0 Å². The van der Waals surface area contributed by atoms with Gasteiger partial charge in [-0.15, -0.1) is 0 Å². The summed E-state index contributed by atoms with van der Waals surface area (Å²) in [5.41, 5.74) is 1.59. The van der Waals surface area contributed by atoms with E-state index >= 15 is 0 Å². The topological polar surface area (TPSA) is 82.9 Å². The number of imide groups is 2. The summed E-state index contributed by atoms with van der Waals surface area (Å²) in [6.45, 7) is -0.0398. The molecule has 1 saturated heterocycles. The molecule has 1 aliphatic heterocycles. The fraction of sp³-hybridized carbons (Fsp3) is 0.167. The van der Waals surface area contributed by atoms with Crippen molar-refractivity contribution < 1.29 is 18.8 Å². The maximum absolute atomic E-state index is 12.6. The number of hydrogen-bond donors (Lipinski definition) is 1. The number of rotatable bonds is 4. The highest BCUT2D eigenvalue weighted by Crippen LogP contribution is 2.19. The highest BCUT2D eigenvalue weighted by atomic mass is 16.3. The molecule has 128 valence electrons. The Morgan fingerprint density at radius 1 is 1.12 bits per heavy atom. The van der Waals surface area contributed by atoms with Gasteiger partial charge in [0.05, 0.1) is 12.8 Å². The van der Waals surface area contributed by atoms with E-state index < -0.39 is 17.8 Å². The first kappa shape index (κ1) is 16.5. The molecule has 25 heavy (non-hydrogen) atoms. The van der Waals surface area contributed by atoms with E-state index in [4.69, 9.17) is 4.42 Å². The number of hydrogen-bond acceptors (Lipinski definition) is 5. The van der Waals surface area contributed by atoms with Gasteiger partial charge in [0.1, 0.15) is 11.3 Å². The van der Waals surface area contributed by atoms with E-state index in [1.54, 1.807) is 24.3 Å². The van der Waals surface area contributed by atoms with Crippen LogP contribution in [0.25, 0.3) is 6.08 Å². The van der Waals surface area contributed by atoms with Crippen LogP contribution >= 0.6 is 0 Å². The third kappa shape index (κ3) is 3.45. The lowest BCUT2D eigenvalue weighted by Crippen LogP contribution is -2.53. The second-order valence-corrected chi connectivity index (χ2v) is 5.77. The summed E-state index contributed by atoms with van der Waals surface area (Å²) < 4.78 is 5.17. The van der Waals surface area contributed by atoms with Crippen molar-refractivity contribution in [2.45, 2.75) is 6.54 Å². The molecular formula is C18H17N3O4. The van der Waals surface area contributed by atoms with Crippen LogP contribution in [0.5, 0.6) is 0 Å². The standard InChI is InChI=1S/C18H17N3O4/c1-20(2)13-7-5-12(6-8-13)10-15-16(22)19-18(24)21(17(15)23)11-14-4-3-9-25-14/h3-10H,11H2,1-2H3,(H,19,22,24). The zero-order chi connectivity index (χ0) is 18.0. The lowest BCUT2D eigenvalue weighted by Gasteiger charge is -2.25. The fourth-order valence-corrected chi connectivity index (χ4v) is 2.43. The lowest BCUT2D eigenvalue weighted by molar-refractivity contribution is -0.130. The first-order chi connectivity index (χ1) is 12.0. The predicted molar refractivity (Wildman–Crippen MR) is 91.5 cm³/mol. The van der Waals surface area contributed by atoms with Crippen LogP contribution in [0.2, 0.25) is 0 Å². The molecule has 1 aliphatic rings. The van der Waals surface area contributed by atoms with Gasteiger partial charge >= 0.3 is 6.03 Å². The van der Waals surface area contributed by atoms with Crippen LogP contribution in [0, 0.1) is 0 Å². The molecule has 2 heterocycles. The van der Waals surface area contributed by atoms with Gasteiger partial charge in [-0.25, -0.2) is 4.79 Å². The molecule has 0 radical (unpaired) electrons. The summed E-state index contributed by atoms with van der Waals surface area (Å²) in [6.07, 6.45) is 2.93. The quantitative estimate of drug-likeness (QED) is 0.680. The average Bonchev–Trinajstić information content (AvgIpc) is 3.09. The smallest absolute Gasteiger partial charge is 0.331 e. The molecule has 7 nitrogen and oxygen atoms in total. The molecule has 0 bridgehead atoms. The van der Waals surface area contributed by atoms with E-state index in [2.05, 4.69) is 5.32 Å². The number of carbonyl (C=O) groups is 3. The van der Waals surface area contributed by atoms with Gasteiger partial charge in [0.25, 0.3) is 11.8 Å². The number of urea groups is 1. The van der Waals surface area contributed by atoms with Crippen molar-refractivity contribution in [1.82, 2.24) is 10.2 Å². The molecule has 0 saturated carbocycles. The predicted octanol–water partition coefficient (Wildman–Crippen LogP) is 2.01. The third-order valence-corrected chi connectivity index (χ3v) is 3.80.